The summed E-state index contributed by atoms with van der Waals surface area (Å²) in [6.45, 7) is 3.32. The molecule has 0 aliphatic heterocycles. The molecule has 0 bridgehead atoms. The van der Waals surface area contributed by atoms with Crippen molar-refractivity contribution in [3.05, 3.63) is 22.6 Å². The van der Waals surface area contributed by atoms with E-state index >= 15 is 0 Å². The third-order valence-electron chi connectivity index (χ3n) is 4.61. The fourth-order valence-electron chi connectivity index (χ4n) is 3.11. The van der Waals surface area contributed by atoms with Crippen LogP contribution < -0.4 is 0 Å². The van der Waals surface area contributed by atoms with Gasteiger partial charge < -0.3 is 4.57 Å². The fourth-order valence-corrected chi connectivity index (χ4v) is 3.60. The van der Waals surface area contributed by atoms with Crippen molar-refractivity contribution in [1.82, 2.24) is 14.5 Å². The van der Waals surface area contributed by atoms with Crippen molar-refractivity contribution >= 4 is 38.7 Å². The lowest BCUT2D eigenvalue weighted by Crippen LogP contribution is -2.34. The number of fused-ring (bicyclic) bond motifs is 1. The summed E-state index contributed by atoms with van der Waals surface area (Å²) in [5.41, 5.74) is 2.40. The van der Waals surface area contributed by atoms with Gasteiger partial charge in [-0.3, -0.25) is 0 Å². The van der Waals surface area contributed by atoms with Crippen molar-refractivity contribution in [3.8, 4) is 0 Å². The zero-order chi connectivity index (χ0) is 14.2. The standard InChI is InChI=1S/C15H19BrClN3/c1-2-15(5-3-6-15)10-20-13(4-7-17)19-12-8-11(16)9-18-14(12)20/h8-9H,2-7,10H2,1H3. The zero-order valence-corrected chi connectivity index (χ0v) is 14.0. The van der Waals surface area contributed by atoms with Gasteiger partial charge in [0.1, 0.15) is 11.3 Å². The zero-order valence-electron chi connectivity index (χ0n) is 11.7. The second kappa shape index (κ2) is 5.64. The van der Waals surface area contributed by atoms with Crippen LogP contribution in [0.15, 0.2) is 16.7 Å². The van der Waals surface area contributed by atoms with Gasteiger partial charge in [0.25, 0.3) is 0 Å². The maximum atomic E-state index is 5.94. The summed E-state index contributed by atoms with van der Waals surface area (Å²) in [4.78, 5) is 9.30. The molecule has 108 valence electrons. The van der Waals surface area contributed by atoms with Crippen LogP contribution >= 0.6 is 27.5 Å². The van der Waals surface area contributed by atoms with E-state index in [0.717, 1.165) is 34.4 Å². The largest absolute Gasteiger partial charge is 0.312 e. The first-order valence-corrected chi connectivity index (χ1v) is 8.57. The van der Waals surface area contributed by atoms with Gasteiger partial charge in [0, 0.05) is 29.5 Å². The minimum Gasteiger partial charge on any atom is -0.312 e. The van der Waals surface area contributed by atoms with Gasteiger partial charge in [0.15, 0.2) is 5.65 Å². The Labute approximate surface area is 132 Å². The average molecular weight is 357 g/mol. The van der Waals surface area contributed by atoms with Crippen molar-refractivity contribution in [3.63, 3.8) is 0 Å². The number of hydrogen-bond donors (Lipinski definition) is 0. The molecule has 0 radical (unpaired) electrons. The van der Waals surface area contributed by atoms with Crippen molar-refractivity contribution in [2.45, 2.75) is 45.6 Å². The number of imidazole rings is 1. The molecule has 1 fully saturated rings. The minimum absolute atomic E-state index is 0.448. The van der Waals surface area contributed by atoms with Crippen LogP contribution in [0.1, 0.15) is 38.4 Å². The van der Waals surface area contributed by atoms with Crippen LogP contribution in [0.2, 0.25) is 0 Å². The van der Waals surface area contributed by atoms with Crippen LogP contribution in [-0.2, 0) is 13.0 Å². The molecule has 5 heteroatoms. The summed E-state index contributed by atoms with van der Waals surface area (Å²) in [6, 6.07) is 2.04. The highest BCUT2D eigenvalue weighted by atomic mass is 79.9. The SMILES string of the molecule is CCC1(Cn2c(CCCl)nc3cc(Br)cnc32)CCC1. The highest BCUT2D eigenvalue weighted by Crippen LogP contribution is 2.45. The van der Waals surface area contributed by atoms with Gasteiger partial charge in [-0.25, -0.2) is 9.97 Å². The van der Waals surface area contributed by atoms with Gasteiger partial charge in [-0.05, 0) is 46.7 Å². The molecule has 0 spiro atoms. The van der Waals surface area contributed by atoms with E-state index in [4.69, 9.17) is 16.6 Å². The maximum Gasteiger partial charge on any atom is 0.160 e. The maximum absolute atomic E-state index is 5.94. The molecule has 0 amide bonds. The highest BCUT2D eigenvalue weighted by molar-refractivity contribution is 9.10. The second-order valence-electron chi connectivity index (χ2n) is 5.76. The Bertz CT molecular complexity index is 613. The number of aryl methyl sites for hydroxylation is 1. The lowest BCUT2D eigenvalue weighted by Gasteiger charge is -2.41. The van der Waals surface area contributed by atoms with E-state index in [0.29, 0.717) is 11.3 Å². The molecule has 2 aromatic rings. The molecular formula is C15H19BrClN3. The van der Waals surface area contributed by atoms with Crippen LogP contribution in [-0.4, -0.2) is 20.4 Å². The smallest absolute Gasteiger partial charge is 0.160 e. The van der Waals surface area contributed by atoms with Crippen LogP contribution in [0.5, 0.6) is 0 Å². The third kappa shape index (κ3) is 2.48. The van der Waals surface area contributed by atoms with Crippen molar-refractivity contribution < 1.29 is 0 Å². The monoisotopic (exact) mass is 355 g/mol. The second-order valence-corrected chi connectivity index (χ2v) is 7.05. The molecule has 3 nitrogen and oxygen atoms in total. The van der Waals surface area contributed by atoms with Crippen molar-refractivity contribution in [2.75, 3.05) is 5.88 Å². The summed E-state index contributed by atoms with van der Waals surface area (Å²) >= 11 is 9.40. The molecule has 0 aromatic carbocycles. The van der Waals surface area contributed by atoms with E-state index in [9.17, 15) is 0 Å². The van der Waals surface area contributed by atoms with Gasteiger partial charge in [-0.2, -0.15) is 0 Å². The lowest BCUT2D eigenvalue weighted by molar-refractivity contribution is 0.101. The normalized spacial score (nSPS) is 17.4. The summed E-state index contributed by atoms with van der Waals surface area (Å²) < 4.78 is 3.27. The molecule has 20 heavy (non-hydrogen) atoms. The number of hydrogen-bond acceptors (Lipinski definition) is 2. The Morgan fingerprint density at radius 2 is 2.25 bits per heavy atom. The number of halogens is 2. The van der Waals surface area contributed by atoms with Crippen LogP contribution in [0.3, 0.4) is 0 Å². The Morgan fingerprint density at radius 3 is 2.85 bits per heavy atom. The number of aromatic nitrogens is 3. The molecule has 0 N–H and O–H groups in total. The molecule has 2 heterocycles. The van der Waals surface area contributed by atoms with Gasteiger partial charge in [-0.1, -0.05) is 13.3 Å². The molecule has 1 aliphatic carbocycles. The number of pyridine rings is 1. The molecule has 1 saturated carbocycles. The van der Waals surface area contributed by atoms with Gasteiger partial charge in [0.2, 0.25) is 0 Å². The van der Waals surface area contributed by atoms with E-state index in [2.05, 4.69) is 32.4 Å². The van der Waals surface area contributed by atoms with E-state index < -0.39 is 0 Å². The van der Waals surface area contributed by atoms with Crippen molar-refractivity contribution in [2.24, 2.45) is 5.41 Å². The predicted molar refractivity (Wildman–Crippen MR) is 86.2 cm³/mol. The molecule has 3 rings (SSSR count). The average Bonchev–Trinajstić information content (AvgIpc) is 2.71. The molecular weight excluding hydrogens is 338 g/mol. The van der Waals surface area contributed by atoms with E-state index in [1.165, 1.54) is 25.7 Å². The fraction of sp³-hybridized carbons (Fsp3) is 0.600. The van der Waals surface area contributed by atoms with Gasteiger partial charge >= 0.3 is 0 Å². The van der Waals surface area contributed by atoms with E-state index in [-0.39, 0.29) is 0 Å². The first kappa shape index (κ1) is 14.3. The summed E-state index contributed by atoms with van der Waals surface area (Å²) in [7, 11) is 0. The van der Waals surface area contributed by atoms with Crippen LogP contribution in [0, 0.1) is 5.41 Å². The quantitative estimate of drug-likeness (QED) is 0.736. The van der Waals surface area contributed by atoms with Crippen LogP contribution in [0.25, 0.3) is 11.2 Å². The van der Waals surface area contributed by atoms with Crippen LogP contribution in [0.4, 0.5) is 0 Å². The van der Waals surface area contributed by atoms with Gasteiger partial charge in [0.05, 0.1) is 0 Å². The minimum atomic E-state index is 0.448. The number of rotatable bonds is 5. The first-order valence-electron chi connectivity index (χ1n) is 7.24. The van der Waals surface area contributed by atoms with Gasteiger partial charge in [-0.15, -0.1) is 11.6 Å². The number of nitrogens with zero attached hydrogens (tertiary/aromatic N) is 3. The molecule has 0 unspecified atom stereocenters. The lowest BCUT2D eigenvalue weighted by atomic mass is 9.67. The highest BCUT2D eigenvalue weighted by Gasteiger charge is 2.36. The van der Waals surface area contributed by atoms with Crippen molar-refractivity contribution in [1.29, 1.82) is 0 Å². The Kier molecular flexibility index (Phi) is 4.04. The predicted octanol–water partition coefficient (Wildman–Crippen LogP) is 4.56. The van der Waals surface area contributed by atoms with E-state index in [1.54, 1.807) is 0 Å². The Morgan fingerprint density at radius 1 is 1.45 bits per heavy atom. The van der Waals surface area contributed by atoms with E-state index in [1.807, 2.05) is 12.3 Å². The third-order valence-corrected chi connectivity index (χ3v) is 5.23. The first-order chi connectivity index (χ1) is 9.67. The summed E-state index contributed by atoms with van der Waals surface area (Å²) in [6.07, 6.45) is 7.87. The number of alkyl halides is 1. The Hall–Kier alpha value is -0.610. The summed E-state index contributed by atoms with van der Waals surface area (Å²) in [5.74, 6) is 1.67. The molecule has 1 aliphatic rings. The molecule has 0 atom stereocenters. The topological polar surface area (TPSA) is 30.7 Å². The molecule has 2 aromatic heterocycles. The Balaban J connectivity index is 2.04. The summed E-state index contributed by atoms with van der Waals surface area (Å²) in [5, 5.41) is 0. The molecule has 0 saturated heterocycles.